The molecular formula is C25H22N6OS. The second-order valence-corrected chi connectivity index (χ2v) is 8.48. The van der Waals surface area contributed by atoms with Crippen LogP contribution < -0.4 is 10.5 Å². The van der Waals surface area contributed by atoms with Gasteiger partial charge in [-0.05, 0) is 55.5 Å². The van der Waals surface area contributed by atoms with Gasteiger partial charge in [0.25, 0.3) is 0 Å². The Morgan fingerprint density at radius 1 is 0.909 bits per heavy atom. The number of methoxy groups -OCH3 is 1. The van der Waals surface area contributed by atoms with Crippen molar-refractivity contribution in [2.75, 3.05) is 12.8 Å². The number of hydrogen-bond donors (Lipinski definition) is 1. The summed E-state index contributed by atoms with van der Waals surface area (Å²) in [6.45, 7) is 2.07. The number of hydrogen-bond acceptors (Lipinski definition) is 7. The Bertz CT molecular complexity index is 1410. The molecule has 0 radical (unpaired) electrons. The van der Waals surface area contributed by atoms with Crippen molar-refractivity contribution in [1.82, 2.24) is 24.7 Å². The third-order valence-corrected chi connectivity index (χ3v) is 6.21. The van der Waals surface area contributed by atoms with E-state index in [4.69, 9.17) is 10.5 Å². The fourth-order valence-electron chi connectivity index (χ4n) is 3.56. The van der Waals surface area contributed by atoms with E-state index in [2.05, 4.69) is 55.9 Å². The lowest BCUT2D eigenvalue weighted by molar-refractivity contribution is 0.415. The Morgan fingerprint density at radius 3 is 2.42 bits per heavy atom. The first-order chi connectivity index (χ1) is 16.1. The lowest BCUT2D eigenvalue weighted by atomic mass is 10.2. The monoisotopic (exact) mass is 454 g/mol. The second kappa shape index (κ2) is 8.91. The first-order valence-electron chi connectivity index (χ1n) is 10.4. The van der Waals surface area contributed by atoms with E-state index in [0.29, 0.717) is 17.4 Å². The summed E-state index contributed by atoms with van der Waals surface area (Å²) in [5.74, 6) is 3.20. The number of benzene rings is 3. The summed E-state index contributed by atoms with van der Waals surface area (Å²) >= 11 is 1.52. The topological polar surface area (TPSA) is 91.7 Å². The van der Waals surface area contributed by atoms with Crippen molar-refractivity contribution in [2.45, 2.75) is 17.8 Å². The first-order valence-corrected chi connectivity index (χ1v) is 11.4. The zero-order valence-corrected chi connectivity index (χ0v) is 19.1. The van der Waals surface area contributed by atoms with Crippen molar-refractivity contribution < 1.29 is 4.74 Å². The fraction of sp³-hybridized carbons (Fsp3) is 0.120. The van der Waals surface area contributed by atoms with Crippen LogP contribution in [-0.4, -0.2) is 31.8 Å². The van der Waals surface area contributed by atoms with E-state index in [1.807, 2.05) is 48.5 Å². The molecule has 0 aliphatic rings. The van der Waals surface area contributed by atoms with Crippen LogP contribution in [0.3, 0.4) is 0 Å². The molecule has 0 unspecified atom stereocenters. The molecule has 0 saturated carbocycles. The van der Waals surface area contributed by atoms with E-state index < -0.39 is 0 Å². The highest BCUT2D eigenvalue weighted by molar-refractivity contribution is 7.98. The number of thioether (sulfide) groups is 1. The molecule has 2 heterocycles. The Morgan fingerprint density at radius 2 is 1.67 bits per heavy atom. The highest BCUT2D eigenvalue weighted by Gasteiger charge is 2.17. The van der Waals surface area contributed by atoms with Crippen LogP contribution in [0.4, 0.5) is 5.82 Å². The van der Waals surface area contributed by atoms with Gasteiger partial charge in [0, 0.05) is 16.6 Å². The van der Waals surface area contributed by atoms with Crippen molar-refractivity contribution in [3.05, 3.63) is 84.2 Å². The molecule has 2 N–H and O–H groups in total. The predicted octanol–water partition coefficient (Wildman–Crippen LogP) is 5.07. The molecule has 8 heteroatoms. The summed E-state index contributed by atoms with van der Waals surface area (Å²) in [5, 5.41) is 10.6. The SMILES string of the molecule is COc1ccc(-c2nnc(SCc3nc(N)c4ccccc4n3)n2-c2ccc(C)cc2)cc1. The Labute approximate surface area is 195 Å². The van der Waals surface area contributed by atoms with Gasteiger partial charge in [0.05, 0.1) is 18.4 Å². The number of nitrogen functional groups attached to an aromatic ring is 1. The number of rotatable bonds is 6. The van der Waals surface area contributed by atoms with Crippen LogP contribution in [0.1, 0.15) is 11.4 Å². The normalized spacial score (nSPS) is 11.1. The number of ether oxygens (including phenoxy) is 1. The summed E-state index contributed by atoms with van der Waals surface area (Å²) in [5.41, 5.74) is 10.1. The molecule has 0 atom stereocenters. The third kappa shape index (κ3) is 4.25. The number of nitrogens with two attached hydrogens (primary N) is 1. The summed E-state index contributed by atoms with van der Waals surface area (Å²) in [7, 11) is 1.65. The number of aryl methyl sites for hydroxylation is 1. The molecule has 5 aromatic rings. The van der Waals surface area contributed by atoms with E-state index in [9.17, 15) is 0 Å². The molecule has 33 heavy (non-hydrogen) atoms. The molecule has 5 rings (SSSR count). The first kappa shape index (κ1) is 21.0. The average Bonchev–Trinajstić information content (AvgIpc) is 3.27. The lowest BCUT2D eigenvalue weighted by Gasteiger charge is -2.11. The molecule has 0 aliphatic heterocycles. The zero-order valence-electron chi connectivity index (χ0n) is 18.3. The van der Waals surface area contributed by atoms with Gasteiger partial charge in [0.1, 0.15) is 17.4 Å². The van der Waals surface area contributed by atoms with Crippen LogP contribution in [0.15, 0.2) is 78.0 Å². The smallest absolute Gasteiger partial charge is 0.196 e. The van der Waals surface area contributed by atoms with Gasteiger partial charge in [0.15, 0.2) is 11.0 Å². The maximum absolute atomic E-state index is 6.16. The predicted molar refractivity (Wildman–Crippen MR) is 132 cm³/mol. The number of para-hydroxylation sites is 1. The molecule has 2 aromatic heterocycles. The molecule has 7 nitrogen and oxygen atoms in total. The Hall–Kier alpha value is -3.91. The van der Waals surface area contributed by atoms with Crippen molar-refractivity contribution in [3.8, 4) is 22.8 Å². The van der Waals surface area contributed by atoms with Gasteiger partial charge in [0.2, 0.25) is 0 Å². The Kier molecular flexibility index (Phi) is 5.66. The minimum Gasteiger partial charge on any atom is -0.497 e. The third-order valence-electron chi connectivity index (χ3n) is 5.28. The van der Waals surface area contributed by atoms with Crippen LogP contribution >= 0.6 is 11.8 Å². The molecular weight excluding hydrogens is 432 g/mol. The Balaban J connectivity index is 1.51. The minimum atomic E-state index is 0.482. The maximum atomic E-state index is 6.16. The highest BCUT2D eigenvalue weighted by atomic mass is 32.2. The highest BCUT2D eigenvalue weighted by Crippen LogP contribution is 2.31. The largest absolute Gasteiger partial charge is 0.497 e. The standard InChI is InChI=1S/C25H22N6OS/c1-16-7-11-18(12-8-16)31-24(17-9-13-19(32-2)14-10-17)29-30-25(31)33-15-22-27-21-6-4-3-5-20(21)23(26)28-22/h3-14H,15H2,1-2H3,(H2,26,27,28). The number of nitrogens with zero attached hydrogens (tertiary/aromatic N) is 5. The molecule has 0 bridgehead atoms. The van der Waals surface area contributed by atoms with Gasteiger partial charge in [-0.25, -0.2) is 9.97 Å². The summed E-state index contributed by atoms with van der Waals surface area (Å²) in [6, 6.07) is 23.8. The fourth-order valence-corrected chi connectivity index (χ4v) is 4.37. The van der Waals surface area contributed by atoms with E-state index in [1.165, 1.54) is 17.3 Å². The lowest BCUT2D eigenvalue weighted by Crippen LogP contribution is -2.02. The molecule has 0 aliphatic carbocycles. The second-order valence-electron chi connectivity index (χ2n) is 7.54. The summed E-state index contributed by atoms with van der Waals surface area (Å²) in [4.78, 5) is 9.15. The van der Waals surface area contributed by atoms with E-state index in [1.54, 1.807) is 7.11 Å². The van der Waals surface area contributed by atoms with E-state index >= 15 is 0 Å². The van der Waals surface area contributed by atoms with E-state index in [0.717, 1.165) is 38.9 Å². The van der Waals surface area contributed by atoms with Gasteiger partial charge < -0.3 is 10.5 Å². The molecule has 3 aromatic carbocycles. The number of fused-ring (bicyclic) bond motifs is 1. The van der Waals surface area contributed by atoms with Gasteiger partial charge in [-0.15, -0.1) is 10.2 Å². The molecule has 0 spiro atoms. The number of anilines is 1. The zero-order chi connectivity index (χ0) is 22.8. The van der Waals surface area contributed by atoms with Crippen LogP contribution in [0.2, 0.25) is 0 Å². The van der Waals surface area contributed by atoms with E-state index in [-0.39, 0.29) is 0 Å². The molecule has 164 valence electrons. The maximum Gasteiger partial charge on any atom is 0.196 e. The van der Waals surface area contributed by atoms with Crippen molar-refractivity contribution in [3.63, 3.8) is 0 Å². The summed E-state index contributed by atoms with van der Waals surface area (Å²) in [6.07, 6.45) is 0. The average molecular weight is 455 g/mol. The van der Waals surface area contributed by atoms with Crippen LogP contribution in [0.25, 0.3) is 28.0 Å². The molecule has 0 amide bonds. The van der Waals surface area contributed by atoms with Crippen LogP contribution in [-0.2, 0) is 5.75 Å². The molecule has 0 saturated heterocycles. The van der Waals surface area contributed by atoms with Crippen molar-refractivity contribution >= 4 is 28.5 Å². The van der Waals surface area contributed by atoms with Crippen molar-refractivity contribution in [2.24, 2.45) is 0 Å². The van der Waals surface area contributed by atoms with Gasteiger partial charge >= 0.3 is 0 Å². The quantitative estimate of drug-likeness (QED) is 0.358. The minimum absolute atomic E-state index is 0.482. The van der Waals surface area contributed by atoms with Gasteiger partial charge in [-0.1, -0.05) is 41.6 Å². The van der Waals surface area contributed by atoms with Crippen LogP contribution in [0.5, 0.6) is 5.75 Å². The summed E-state index contributed by atoms with van der Waals surface area (Å²) < 4.78 is 7.35. The van der Waals surface area contributed by atoms with Gasteiger partial charge in [-0.3, -0.25) is 4.57 Å². The van der Waals surface area contributed by atoms with Crippen LogP contribution in [0, 0.1) is 6.92 Å². The molecule has 0 fully saturated rings. The van der Waals surface area contributed by atoms with Gasteiger partial charge in [-0.2, -0.15) is 0 Å². The number of aromatic nitrogens is 5. The van der Waals surface area contributed by atoms with Crippen molar-refractivity contribution in [1.29, 1.82) is 0 Å².